The van der Waals surface area contributed by atoms with E-state index >= 15 is 0 Å². The molecular weight excluding hydrogens is 442 g/mol. The van der Waals surface area contributed by atoms with Crippen LogP contribution in [0.3, 0.4) is 0 Å². The number of para-hydroxylation sites is 1. The van der Waals surface area contributed by atoms with E-state index in [2.05, 4.69) is 4.90 Å². The van der Waals surface area contributed by atoms with Crippen molar-refractivity contribution in [3.8, 4) is 5.75 Å². The molecule has 2 aromatic carbocycles. The zero-order chi connectivity index (χ0) is 22.8. The summed E-state index contributed by atoms with van der Waals surface area (Å²) >= 11 is 1.41. The Balaban J connectivity index is 1.52. The van der Waals surface area contributed by atoms with E-state index in [4.69, 9.17) is 18.9 Å². The quantitative estimate of drug-likeness (QED) is 0.432. The third kappa shape index (κ3) is 4.35. The van der Waals surface area contributed by atoms with Crippen LogP contribution in [0.4, 0.5) is 5.13 Å². The molecule has 0 saturated carbocycles. The summed E-state index contributed by atoms with van der Waals surface area (Å²) in [6.07, 6.45) is 1.26. The fourth-order valence-corrected chi connectivity index (χ4v) is 4.83. The molecule has 9 heteroatoms. The molecule has 1 aliphatic heterocycles. The number of hydrogen-bond donors (Lipinski definition) is 0. The topological polar surface area (TPSA) is 85.1 Å². The van der Waals surface area contributed by atoms with Crippen LogP contribution in [-0.4, -0.2) is 62.3 Å². The van der Waals surface area contributed by atoms with Crippen molar-refractivity contribution in [3.63, 3.8) is 0 Å². The van der Waals surface area contributed by atoms with Crippen molar-refractivity contribution in [2.45, 2.75) is 0 Å². The van der Waals surface area contributed by atoms with Gasteiger partial charge in [0, 0.05) is 32.2 Å². The number of hydrogen-bond acceptors (Lipinski definition) is 8. The molecule has 33 heavy (non-hydrogen) atoms. The first-order valence-electron chi connectivity index (χ1n) is 10.7. The number of thiazole rings is 1. The van der Waals surface area contributed by atoms with E-state index < -0.39 is 5.91 Å². The van der Waals surface area contributed by atoms with Gasteiger partial charge in [-0.1, -0.05) is 23.5 Å². The third-order valence-electron chi connectivity index (χ3n) is 5.71. The molecule has 1 aliphatic rings. The van der Waals surface area contributed by atoms with Crippen LogP contribution in [0.1, 0.15) is 10.4 Å². The number of ether oxygens (including phenoxy) is 2. The molecule has 0 bridgehead atoms. The predicted octanol–water partition coefficient (Wildman–Crippen LogP) is 3.39. The summed E-state index contributed by atoms with van der Waals surface area (Å²) in [7, 11) is 1.60. The highest BCUT2D eigenvalue weighted by atomic mass is 32.1. The van der Waals surface area contributed by atoms with Gasteiger partial charge in [0.05, 0.1) is 35.9 Å². The lowest BCUT2D eigenvalue weighted by atomic mass is 10.1. The minimum absolute atomic E-state index is 0.00693. The Bertz CT molecular complexity index is 1360. The molecule has 4 aromatic rings. The van der Waals surface area contributed by atoms with E-state index in [1.54, 1.807) is 36.3 Å². The van der Waals surface area contributed by atoms with Crippen LogP contribution in [0, 0.1) is 0 Å². The Labute approximate surface area is 194 Å². The molecule has 170 valence electrons. The number of nitrogens with zero attached hydrogens (tertiary/aromatic N) is 3. The van der Waals surface area contributed by atoms with Gasteiger partial charge >= 0.3 is 0 Å². The van der Waals surface area contributed by atoms with E-state index in [9.17, 15) is 9.59 Å². The summed E-state index contributed by atoms with van der Waals surface area (Å²) in [5.41, 5.74) is 0.837. The standard InChI is InChI=1S/C24H23N3O5S/c1-30-16-6-7-21-19(14-16)25-24(33-21)27(9-8-26-10-12-31-13-11-26)23(29)18-15-32-20-5-3-2-4-17(20)22(18)28/h2-7,14-15H,8-13H2,1H3. The van der Waals surface area contributed by atoms with E-state index in [0.29, 0.717) is 48.2 Å². The normalized spacial score (nSPS) is 14.6. The van der Waals surface area contributed by atoms with Gasteiger partial charge in [0.15, 0.2) is 5.13 Å². The maximum atomic E-state index is 13.6. The summed E-state index contributed by atoms with van der Waals surface area (Å²) in [4.78, 5) is 35.3. The zero-order valence-electron chi connectivity index (χ0n) is 18.2. The molecule has 5 rings (SSSR count). The Morgan fingerprint density at radius 3 is 2.85 bits per heavy atom. The Morgan fingerprint density at radius 2 is 2.03 bits per heavy atom. The molecule has 3 heterocycles. The van der Waals surface area contributed by atoms with Crippen LogP contribution in [0.2, 0.25) is 0 Å². The second kappa shape index (κ2) is 9.30. The van der Waals surface area contributed by atoms with Crippen LogP contribution >= 0.6 is 11.3 Å². The van der Waals surface area contributed by atoms with E-state index in [-0.39, 0.29) is 11.0 Å². The zero-order valence-corrected chi connectivity index (χ0v) is 19.0. The van der Waals surface area contributed by atoms with Crippen molar-refractivity contribution in [1.29, 1.82) is 0 Å². The van der Waals surface area contributed by atoms with Crippen molar-refractivity contribution in [2.75, 3.05) is 51.4 Å². The Hall–Kier alpha value is -3.27. The molecule has 0 spiro atoms. The van der Waals surface area contributed by atoms with Gasteiger partial charge in [0.1, 0.15) is 23.2 Å². The summed E-state index contributed by atoms with van der Waals surface area (Å²) in [6.45, 7) is 3.98. The molecule has 0 atom stereocenters. The summed E-state index contributed by atoms with van der Waals surface area (Å²) in [5.74, 6) is 0.273. The smallest absolute Gasteiger partial charge is 0.267 e. The van der Waals surface area contributed by atoms with Gasteiger partial charge < -0.3 is 13.9 Å². The molecule has 8 nitrogen and oxygen atoms in total. The van der Waals surface area contributed by atoms with Gasteiger partial charge in [-0.05, 0) is 24.3 Å². The monoisotopic (exact) mass is 465 g/mol. The van der Waals surface area contributed by atoms with E-state index in [1.807, 2.05) is 18.2 Å². The average molecular weight is 466 g/mol. The summed E-state index contributed by atoms with van der Waals surface area (Å²) in [6, 6.07) is 12.5. The van der Waals surface area contributed by atoms with Gasteiger partial charge in [0.25, 0.3) is 5.91 Å². The molecule has 1 saturated heterocycles. The number of benzene rings is 2. The number of amides is 1. The SMILES string of the molecule is COc1ccc2sc(N(CCN3CCOCC3)C(=O)c3coc4ccccc4c3=O)nc2c1. The number of rotatable bonds is 6. The maximum Gasteiger partial charge on any atom is 0.267 e. The van der Waals surface area contributed by atoms with Crippen molar-refractivity contribution in [3.05, 3.63) is 64.5 Å². The van der Waals surface area contributed by atoms with Crippen LogP contribution in [0.15, 0.2) is 57.9 Å². The highest BCUT2D eigenvalue weighted by Crippen LogP contribution is 2.32. The van der Waals surface area contributed by atoms with Crippen LogP contribution in [0.25, 0.3) is 21.2 Å². The Morgan fingerprint density at radius 1 is 1.21 bits per heavy atom. The van der Waals surface area contributed by atoms with E-state index in [1.165, 1.54) is 17.6 Å². The number of aromatic nitrogens is 1. The highest BCUT2D eigenvalue weighted by Gasteiger charge is 2.26. The minimum atomic E-state index is -0.422. The molecular formula is C24H23N3O5S. The third-order valence-corrected chi connectivity index (χ3v) is 6.77. The van der Waals surface area contributed by atoms with Gasteiger partial charge in [0.2, 0.25) is 5.43 Å². The lowest BCUT2D eigenvalue weighted by molar-refractivity contribution is 0.0391. The number of fused-ring (bicyclic) bond motifs is 2. The van der Waals surface area contributed by atoms with Crippen molar-refractivity contribution >= 4 is 43.6 Å². The van der Waals surface area contributed by atoms with Crippen LogP contribution in [-0.2, 0) is 4.74 Å². The van der Waals surface area contributed by atoms with Crippen LogP contribution < -0.4 is 15.1 Å². The molecule has 0 unspecified atom stereocenters. The molecule has 1 amide bonds. The first-order valence-corrected chi connectivity index (χ1v) is 11.5. The van der Waals surface area contributed by atoms with Gasteiger partial charge in [-0.15, -0.1) is 0 Å². The number of carbonyl (C=O) groups is 1. The van der Waals surface area contributed by atoms with Crippen molar-refractivity contribution in [2.24, 2.45) is 0 Å². The number of methoxy groups -OCH3 is 1. The molecule has 1 fully saturated rings. The van der Waals surface area contributed by atoms with Crippen molar-refractivity contribution in [1.82, 2.24) is 9.88 Å². The van der Waals surface area contributed by atoms with Gasteiger partial charge in [-0.3, -0.25) is 19.4 Å². The number of carbonyl (C=O) groups excluding carboxylic acids is 1. The fourth-order valence-electron chi connectivity index (χ4n) is 3.86. The summed E-state index contributed by atoms with van der Waals surface area (Å²) < 4.78 is 17.3. The molecule has 0 aliphatic carbocycles. The number of morpholine rings is 1. The largest absolute Gasteiger partial charge is 0.497 e. The highest BCUT2D eigenvalue weighted by molar-refractivity contribution is 7.22. The van der Waals surface area contributed by atoms with Crippen molar-refractivity contribution < 1.29 is 18.7 Å². The lowest BCUT2D eigenvalue weighted by Gasteiger charge is -2.29. The minimum Gasteiger partial charge on any atom is -0.497 e. The Kier molecular flexibility index (Phi) is 6.08. The van der Waals surface area contributed by atoms with Gasteiger partial charge in [-0.25, -0.2) is 4.98 Å². The first kappa shape index (κ1) is 21.6. The second-order valence-corrected chi connectivity index (χ2v) is 8.72. The molecule has 2 aromatic heterocycles. The van der Waals surface area contributed by atoms with Gasteiger partial charge in [-0.2, -0.15) is 0 Å². The maximum absolute atomic E-state index is 13.6. The lowest BCUT2D eigenvalue weighted by Crippen LogP contribution is -2.44. The van der Waals surface area contributed by atoms with E-state index in [0.717, 1.165) is 23.3 Å². The average Bonchev–Trinajstić information content (AvgIpc) is 3.28. The molecule has 0 radical (unpaired) electrons. The fraction of sp³-hybridized carbons (Fsp3) is 0.292. The second-order valence-electron chi connectivity index (χ2n) is 7.72. The summed E-state index contributed by atoms with van der Waals surface area (Å²) in [5, 5.41) is 0.912. The first-order chi connectivity index (χ1) is 16.1. The number of anilines is 1. The van der Waals surface area contributed by atoms with Crippen LogP contribution in [0.5, 0.6) is 5.75 Å². The molecule has 0 N–H and O–H groups in total. The predicted molar refractivity (Wildman–Crippen MR) is 128 cm³/mol.